The standard InChI is InChI=1S/C16H27N3/c1-3-10-19-11-5-7-16(8-12-19)18-14(2)15-6-4-9-17-13-15/h4,6,9,13-14,16,18H,3,5,7-8,10-12H2,1-2H3. The van der Waals surface area contributed by atoms with Gasteiger partial charge in [0.15, 0.2) is 0 Å². The molecule has 0 bridgehead atoms. The molecule has 2 unspecified atom stereocenters. The summed E-state index contributed by atoms with van der Waals surface area (Å²) < 4.78 is 0. The van der Waals surface area contributed by atoms with Gasteiger partial charge in [0.25, 0.3) is 0 Å². The molecule has 19 heavy (non-hydrogen) atoms. The van der Waals surface area contributed by atoms with Gasteiger partial charge in [0, 0.05) is 24.5 Å². The van der Waals surface area contributed by atoms with Crippen LogP contribution in [0.5, 0.6) is 0 Å². The molecule has 1 aliphatic heterocycles. The highest BCUT2D eigenvalue weighted by Crippen LogP contribution is 2.17. The van der Waals surface area contributed by atoms with E-state index < -0.39 is 0 Å². The lowest BCUT2D eigenvalue weighted by Crippen LogP contribution is -2.33. The molecule has 1 fully saturated rings. The minimum absolute atomic E-state index is 0.399. The van der Waals surface area contributed by atoms with Crippen LogP contribution in [0.15, 0.2) is 24.5 Å². The van der Waals surface area contributed by atoms with Gasteiger partial charge in [-0.1, -0.05) is 13.0 Å². The van der Waals surface area contributed by atoms with Crippen LogP contribution in [0, 0.1) is 0 Å². The van der Waals surface area contributed by atoms with Crippen molar-refractivity contribution in [2.24, 2.45) is 0 Å². The lowest BCUT2D eigenvalue weighted by atomic mass is 10.1. The first kappa shape index (κ1) is 14.5. The zero-order chi connectivity index (χ0) is 13.5. The Balaban J connectivity index is 1.83. The number of nitrogens with zero attached hydrogens (tertiary/aromatic N) is 2. The number of pyridine rings is 1. The summed E-state index contributed by atoms with van der Waals surface area (Å²) in [5.41, 5.74) is 1.29. The fraction of sp³-hybridized carbons (Fsp3) is 0.688. The molecule has 0 amide bonds. The van der Waals surface area contributed by atoms with Crippen LogP contribution in [0.3, 0.4) is 0 Å². The summed E-state index contributed by atoms with van der Waals surface area (Å²) in [7, 11) is 0. The largest absolute Gasteiger partial charge is 0.307 e. The summed E-state index contributed by atoms with van der Waals surface area (Å²) in [6.45, 7) is 8.28. The SMILES string of the molecule is CCCN1CCCC(NC(C)c2cccnc2)CC1. The number of hydrogen-bond acceptors (Lipinski definition) is 3. The summed E-state index contributed by atoms with van der Waals surface area (Å²) in [4.78, 5) is 6.81. The quantitative estimate of drug-likeness (QED) is 0.883. The van der Waals surface area contributed by atoms with E-state index in [0.717, 1.165) is 0 Å². The molecule has 106 valence electrons. The van der Waals surface area contributed by atoms with E-state index in [2.05, 4.69) is 35.1 Å². The van der Waals surface area contributed by atoms with E-state index >= 15 is 0 Å². The molecule has 1 saturated heterocycles. The number of aromatic nitrogens is 1. The number of likely N-dealkylation sites (tertiary alicyclic amines) is 1. The summed E-state index contributed by atoms with van der Waals surface area (Å²) >= 11 is 0. The number of rotatable bonds is 5. The van der Waals surface area contributed by atoms with Crippen LogP contribution in [0.25, 0.3) is 0 Å². The van der Waals surface area contributed by atoms with E-state index in [1.165, 1.54) is 50.9 Å². The molecule has 3 nitrogen and oxygen atoms in total. The predicted molar refractivity (Wildman–Crippen MR) is 80.2 cm³/mol. The maximum atomic E-state index is 4.21. The molecule has 1 aliphatic rings. The van der Waals surface area contributed by atoms with E-state index in [0.29, 0.717) is 12.1 Å². The zero-order valence-electron chi connectivity index (χ0n) is 12.3. The average molecular weight is 261 g/mol. The monoisotopic (exact) mass is 261 g/mol. The van der Waals surface area contributed by atoms with Crippen molar-refractivity contribution in [3.8, 4) is 0 Å². The van der Waals surface area contributed by atoms with Crippen LogP contribution >= 0.6 is 0 Å². The third kappa shape index (κ3) is 4.59. The molecule has 2 heterocycles. The second-order valence-electron chi connectivity index (χ2n) is 5.64. The molecule has 1 aromatic heterocycles. The van der Waals surface area contributed by atoms with Gasteiger partial charge >= 0.3 is 0 Å². The molecular weight excluding hydrogens is 234 g/mol. The molecule has 0 radical (unpaired) electrons. The van der Waals surface area contributed by atoms with Crippen molar-refractivity contribution in [2.75, 3.05) is 19.6 Å². The molecular formula is C16H27N3. The van der Waals surface area contributed by atoms with E-state index in [-0.39, 0.29) is 0 Å². The molecule has 2 rings (SSSR count). The molecule has 3 heteroatoms. The maximum absolute atomic E-state index is 4.21. The van der Waals surface area contributed by atoms with Crippen molar-refractivity contribution in [2.45, 2.75) is 51.6 Å². The van der Waals surface area contributed by atoms with Crippen molar-refractivity contribution in [3.63, 3.8) is 0 Å². The van der Waals surface area contributed by atoms with Crippen molar-refractivity contribution in [3.05, 3.63) is 30.1 Å². The molecule has 0 saturated carbocycles. The van der Waals surface area contributed by atoms with Crippen LogP contribution < -0.4 is 5.32 Å². The van der Waals surface area contributed by atoms with Crippen molar-refractivity contribution in [1.82, 2.24) is 15.2 Å². The normalized spacial score (nSPS) is 22.9. The van der Waals surface area contributed by atoms with Gasteiger partial charge in [-0.15, -0.1) is 0 Å². The Hall–Kier alpha value is -0.930. The van der Waals surface area contributed by atoms with E-state index in [1.807, 2.05) is 18.5 Å². The lowest BCUT2D eigenvalue weighted by molar-refractivity contribution is 0.281. The van der Waals surface area contributed by atoms with Gasteiger partial charge in [-0.2, -0.15) is 0 Å². The Morgan fingerprint density at radius 3 is 3.05 bits per heavy atom. The van der Waals surface area contributed by atoms with Gasteiger partial charge in [0.1, 0.15) is 0 Å². The van der Waals surface area contributed by atoms with Crippen LogP contribution in [0.2, 0.25) is 0 Å². The Kier molecular flexibility index (Phi) is 5.80. The van der Waals surface area contributed by atoms with Crippen LogP contribution in [0.4, 0.5) is 0 Å². The molecule has 0 aromatic carbocycles. The fourth-order valence-corrected chi connectivity index (χ4v) is 2.94. The third-order valence-electron chi connectivity index (χ3n) is 4.03. The fourth-order valence-electron chi connectivity index (χ4n) is 2.94. The Labute approximate surface area is 117 Å². The van der Waals surface area contributed by atoms with Crippen molar-refractivity contribution >= 4 is 0 Å². The van der Waals surface area contributed by atoms with Gasteiger partial charge in [0.05, 0.1) is 0 Å². The highest BCUT2D eigenvalue weighted by atomic mass is 15.1. The Morgan fingerprint density at radius 1 is 1.42 bits per heavy atom. The van der Waals surface area contributed by atoms with Crippen LogP contribution in [0.1, 0.15) is 51.1 Å². The molecule has 1 aromatic rings. The number of hydrogen-bond donors (Lipinski definition) is 1. The van der Waals surface area contributed by atoms with Gasteiger partial charge < -0.3 is 10.2 Å². The summed E-state index contributed by atoms with van der Waals surface area (Å²) in [5.74, 6) is 0. The lowest BCUT2D eigenvalue weighted by Gasteiger charge is -2.23. The van der Waals surface area contributed by atoms with Crippen molar-refractivity contribution < 1.29 is 0 Å². The second kappa shape index (κ2) is 7.61. The van der Waals surface area contributed by atoms with E-state index in [1.54, 1.807) is 0 Å². The average Bonchev–Trinajstić information content (AvgIpc) is 2.66. The molecule has 1 N–H and O–H groups in total. The predicted octanol–water partition coefficient (Wildman–Crippen LogP) is 3.00. The highest BCUT2D eigenvalue weighted by Gasteiger charge is 2.18. The highest BCUT2D eigenvalue weighted by molar-refractivity contribution is 5.13. The van der Waals surface area contributed by atoms with Gasteiger partial charge in [-0.25, -0.2) is 0 Å². The Bertz CT molecular complexity index is 352. The summed E-state index contributed by atoms with van der Waals surface area (Å²) in [5, 5.41) is 3.77. The van der Waals surface area contributed by atoms with E-state index in [4.69, 9.17) is 0 Å². The third-order valence-corrected chi connectivity index (χ3v) is 4.03. The second-order valence-corrected chi connectivity index (χ2v) is 5.64. The smallest absolute Gasteiger partial charge is 0.0315 e. The molecule has 0 aliphatic carbocycles. The molecule has 0 spiro atoms. The topological polar surface area (TPSA) is 28.2 Å². The van der Waals surface area contributed by atoms with Crippen LogP contribution in [-0.4, -0.2) is 35.6 Å². The maximum Gasteiger partial charge on any atom is 0.0315 e. The van der Waals surface area contributed by atoms with Gasteiger partial charge in [-0.3, -0.25) is 4.98 Å². The summed E-state index contributed by atoms with van der Waals surface area (Å²) in [6.07, 6.45) is 8.96. The Morgan fingerprint density at radius 2 is 2.32 bits per heavy atom. The van der Waals surface area contributed by atoms with Crippen molar-refractivity contribution in [1.29, 1.82) is 0 Å². The van der Waals surface area contributed by atoms with Crippen LogP contribution in [-0.2, 0) is 0 Å². The first-order valence-electron chi connectivity index (χ1n) is 7.68. The van der Waals surface area contributed by atoms with Gasteiger partial charge in [0.2, 0.25) is 0 Å². The van der Waals surface area contributed by atoms with E-state index in [9.17, 15) is 0 Å². The molecule has 2 atom stereocenters. The van der Waals surface area contributed by atoms with Gasteiger partial charge in [-0.05, 0) is 63.9 Å². The minimum Gasteiger partial charge on any atom is -0.307 e. The number of nitrogens with one attached hydrogen (secondary N) is 1. The summed E-state index contributed by atoms with van der Waals surface area (Å²) in [6, 6.07) is 5.22. The first-order valence-corrected chi connectivity index (χ1v) is 7.68. The zero-order valence-corrected chi connectivity index (χ0v) is 12.3. The minimum atomic E-state index is 0.399. The first-order chi connectivity index (χ1) is 9.29.